The van der Waals surface area contributed by atoms with Gasteiger partial charge in [-0.15, -0.1) is 0 Å². The van der Waals surface area contributed by atoms with Gasteiger partial charge in [0.2, 0.25) is 0 Å². The molecule has 1 unspecified atom stereocenters. The predicted molar refractivity (Wildman–Crippen MR) is 119 cm³/mol. The van der Waals surface area contributed by atoms with Crippen LogP contribution in [0.5, 0.6) is 5.75 Å². The van der Waals surface area contributed by atoms with Crippen LogP contribution in [-0.2, 0) is 19.2 Å². The van der Waals surface area contributed by atoms with Crippen LogP contribution in [0.4, 0.5) is 5.69 Å². The second kappa shape index (κ2) is 10.00. The number of unbranched alkanes of at least 4 members (excludes halogenated alkanes) is 1. The molecular weight excluding hydrogens is 406 g/mol. The second-order valence-electron chi connectivity index (χ2n) is 7.80. The molecule has 0 aliphatic carbocycles. The molecule has 2 fully saturated rings. The number of hydrogen-bond donors (Lipinski definition) is 2. The van der Waals surface area contributed by atoms with Gasteiger partial charge in [0.15, 0.2) is 0 Å². The van der Waals surface area contributed by atoms with Crippen molar-refractivity contribution in [2.45, 2.75) is 37.4 Å². The molecule has 1 aromatic carbocycles. The van der Waals surface area contributed by atoms with Crippen molar-refractivity contribution in [3.63, 3.8) is 0 Å². The van der Waals surface area contributed by atoms with E-state index in [1.54, 1.807) is 5.48 Å². The summed E-state index contributed by atoms with van der Waals surface area (Å²) in [5.41, 5.74) is 2.80. The summed E-state index contributed by atoms with van der Waals surface area (Å²) >= 11 is 0. The molecule has 1 aromatic rings. The number of anilines is 1. The number of hydroxylamine groups is 1. The lowest BCUT2D eigenvalue weighted by atomic mass is 9.98. The number of piperazine rings is 1. The van der Waals surface area contributed by atoms with Gasteiger partial charge >= 0.3 is 0 Å². The van der Waals surface area contributed by atoms with Crippen molar-refractivity contribution in [1.82, 2.24) is 9.79 Å². The van der Waals surface area contributed by atoms with Crippen molar-refractivity contribution in [2.75, 3.05) is 50.9 Å². The Morgan fingerprint density at radius 1 is 1.23 bits per heavy atom. The SMILES string of the molecule is C=S(=O)(N1CCN(c2ccc(OCCCC)cc2)CC1)C1(C(=O)NO)CCOCC1. The maximum absolute atomic E-state index is 13.8. The number of hydrogen-bond acceptors (Lipinski definition) is 6. The topological polar surface area (TPSA) is 91.3 Å². The lowest BCUT2D eigenvalue weighted by Gasteiger charge is -2.45. The maximum Gasteiger partial charge on any atom is 0.263 e. The van der Waals surface area contributed by atoms with E-state index in [1.807, 2.05) is 28.6 Å². The van der Waals surface area contributed by atoms with E-state index < -0.39 is 20.4 Å². The number of nitrogens with one attached hydrogen (secondary N) is 1. The first-order valence-corrected chi connectivity index (χ1v) is 12.2. The molecule has 2 aliphatic heterocycles. The van der Waals surface area contributed by atoms with Gasteiger partial charge in [0, 0.05) is 54.8 Å². The fraction of sp³-hybridized carbons (Fsp3) is 0.619. The zero-order valence-corrected chi connectivity index (χ0v) is 18.5. The fourth-order valence-corrected chi connectivity index (χ4v) is 6.46. The van der Waals surface area contributed by atoms with Gasteiger partial charge < -0.3 is 14.4 Å². The van der Waals surface area contributed by atoms with E-state index in [2.05, 4.69) is 17.7 Å². The van der Waals surface area contributed by atoms with Crippen molar-refractivity contribution in [2.24, 2.45) is 0 Å². The third kappa shape index (κ3) is 4.59. The number of rotatable bonds is 8. The fourth-order valence-electron chi connectivity index (χ4n) is 4.07. The molecule has 30 heavy (non-hydrogen) atoms. The van der Waals surface area contributed by atoms with Gasteiger partial charge in [-0.3, -0.25) is 14.2 Å². The molecular formula is C21H33N3O5S. The smallest absolute Gasteiger partial charge is 0.263 e. The maximum atomic E-state index is 13.8. The summed E-state index contributed by atoms with van der Waals surface area (Å²) in [5, 5.41) is 9.26. The molecule has 3 rings (SSSR count). The number of carbonyl (C=O) groups excluding carboxylic acids is 1. The number of carbonyl (C=O) groups is 1. The van der Waals surface area contributed by atoms with Crippen LogP contribution in [-0.4, -0.2) is 76.2 Å². The molecule has 2 N–H and O–H groups in total. The Morgan fingerprint density at radius 2 is 1.87 bits per heavy atom. The Morgan fingerprint density at radius 3 is 2.43 bits per heavy atom. The van der Waals surface area contributed by atoms with E-state index in [9.17, 15) is 14.2 Å². The molecule has 0 bridgehead atoms. The van der Waals surface area contributed by atoms with E-state index in [0.717, 1.165) is 30.9 Å². The highest BCUT2D eigenvalue weighted by Gasteiger charge is 2.50. The summed E-state index contributed by atoms with van der Waals surface area (Å²) in [6.07, 6.45) is 2.70. The van der Waals surface area contributed by atoms with Crippen molar-refractivity contribution in [1.29, 1.82) is 0 Å². The Kier molecular flexibility index (Phi) is 7.62. The van der Waals surface area contributed by atoms with E-state index in [4.69, 9.17) is 9.47 Å². The third-order valence-electron chi connectivity index (χ3n) is 6.05. The Balaban J connectivity index is 1.64. The Bertz CT molecular complexity index is 798. The minimum Gasteiger partial charge on any atom is -0.494 e. The second-order valence-corrected chi connectivity index (χ2v) is 10.4. The molecule has 0 spiro atoms. The number of nitrogens with zero attached hydrogens (tertiary/aromatic N) is 2. The first kappa shape index (κ1) is 22.9. The molecule has 0 saturated carbocycles. The van der Waals surface area contributed by atoms with Gasteiger partial charge in [0.1, 0.15) is 10.5 Å². The highest BCUT2D eigenvalue weighted by Crippen LogP contribution is 2.34. The van der Waals surface area contributed by atoms with Gasteiger partial charge in [-0.05, 0) is 49.4 Å². The molecule has 2 heterocycles. The van der Waals surface area contributed by atoms with Crippen LogP contribution in [0.1, 0.15) is 32.6 Å². The van der Waals surface area contributed by atoms with Crippen molar-refractivity contribution < 1.29 is 23.7 Å². The Hall–Kier alpha value is -1.81. The average molecular weight is 440 g/mol. The quantitative estimate of drug-likeness (QED) is 0.277. The van der Waals surface area contributed by atoms with Gasteiger partial charge in [-0.2, -0.15) is 0 Å². The lowest BCUT2D eigenvalue weighted by molar-refractivity contribution is -0.134. The standard InChI is InChI=1S/C21H33N3O5S/c1-3-4-15-29-19-7-5-18(6-8-19)23-11-13-24(14-12-23)30(2,27)21(20(25)22-26)9-16-28-17-10-21/h5-8,26H,2-4,9-17H2,1H3,(H,22,25). The highest BCUT2D eigenvalue weighted by molar-refractivity contribution is 8.00. The van der Waals surface area contributed by atoms with Gasteiger partial charge in [0.25, 0.3) is 5.91 Å². The van der Waals surface area contributed by atoms with Crippen molar-refractivity contribution >= 4 is 27.2 Å². The van der Waals surface area contributed by atoms with Gasteiger partial charge in [0.05, 0.1) is 6.61 Å². The van der Waals surface area contributed by atoms with Crippen LogP contribution in [0, 0.1) is 0 Å². The normalized spacial score (nSPS) is 21.6. The Labute approximate surface area is 179 Å². The van der Waals surface area contributed by atoms with Crippen LogP contribution >= 0.6 is 0 Å². The van der Waals surface area contributed by atoms with E-state index in [0.29, 0.717) is 39.4 Å². The highest BCUT2D eigenvalue weighted by atomic mass is 32.2. The first-order valence-electron chi connectivity index (χ1n) is 10.6. The van der Waals surface area contributed by atoms with Crippen LogP contribution in [0.3, 0.4) is 0 Å². The predicted octanol–water partition coefficient (Wildman–Crippen LogP) is 1.67. The van der Waals surface area contributed by atoms with Crippen LogP contribution in [0.2, 0.25) is 0 Å². The summed E-state index contributed by atoms with van der Waals surface area (Å²) < 4.78 is 25.4. The zero-order valence-electron chi connectivity index (χ0n) is 17.7. The number of benzene rings is 1. The molecule has 8 nitrogen and oxygen atoms in total. The summed E-state index contributed by atoms with van der Waals surface area (Å²) in [6, 6.07) is 8.03. The first-order chi connectivity index (χ1) is 14.4. The molecule has 0 radical (unpaired) electrons. The summed E-state index contributed by atoms with van der Waals surface area (Å²) in [5.74, 6) is 4.23. The van der Waals surface area contributed by atoms with Crippen LogP contribution in [0.15, 0.2) is 24.3 Å². The monoisotopic (exact) mass is 439 g/mol. The molecule has 168 valence electrons. The summed E-state index contributed by atoms with van der Waals surface area (Å²) in [4.78, 5) is 14.7. The minimum absolute atomic E-state index is 0.279. The lowest BCUT2D eigenvalue weighted by Crippen LogP contribution is -2.62. The van der Waals surface area contributed by atoms with Crippen LogP contribution in [0.25, 0.3) is 0 Å². The van der Waals surface area contributed by atoms with E-state index in [1.165, 1.54) is 0 Å². The molecule has 2 saturated heterocycles. The summed E-state index contributed by atoms with van der Waals surface area (Å²) in [7, 11) is -2.95. The minimum atomic E-state index is -2.95. The molecule has 1 amide bonds. The third-order valence-corrected chi connectivity index (χ3v) is 9.06. The average Bonchev–Trinajstić information content (AvgIpc) is 2.79. The van der Waals surface area contributed by atoms with E-state index >= 15 is 0 Å². The molecule has 9 heteroatoms. The largest absolute Gasteiger partial charge is 0.494 e. The van der Waals surface area contributed by atoms with E-state index in [-0.39, 0.29) is 12.8 Å². The molecule has 2 aliphatic rings. The van der Waals surface area contributed by atoms with Crippen molar-refractivity contribution in [3.05, 3.63) is 24.3 Å². The molecule has 0 aromatic heterocycles. The number of amides is 1. The summed E-state index contributed by atoms with van der Waals surface area (Å²) in [6.45, 7) is 5.92. The van der Waals surface area contributed by atoms with Gasteiger partial charge in [-0.25, -0.2) is 9.79 Å². The number of ether oxygens (including phenoxy) is 2. The van der Waals surface area contributed by atoms with Crippen LogP contribution < -0.4 is 15.1 Å². The van der Waals surface area contributed by atoms with Crippen molar-refractivity contribution in [3.8, 4) is 5.75 Å². The molecule has 1 atom stereocenters. The van der Waals surface area contributed by atoms with Gasteiger partial charge in [-0.1, -0.05) is 13.3 Å². The zero-order chi connectivity index (χ0) is 21.6.